The molecule has 6 heteroatoms. The molecular formula is C23H23BrN2O3. The van der Waals surface area contributed by atoms with Crippen molar-refractivity contribution < 1.29 is 14.3 Å². The molecule has 150 valence electrons. The average Bonchev–Trinajstić information content (AvgIpc) is 2.94. The summed E-state index contributed by atoms with van der Waals surface area (Å²) in [5, 5.41) is 2.91. The third kappa shape index (κ3) is 4.59. The SMILES string of the molecule is CCOC(=O)c1c(C)c(-c2ccccc2)n(CC(=O)Nc2ccc(Br)cc2)c1C. The van der Waals surface area contributed by atoms with E-state index >= 15 is 0 Å². The summed E-state index contributed by atoms with van der Waals surface area (Å²) in [7, 11) is 0. The minimum Gasteiger partial charge on any atom is -0.462 e. The van der Waals surface area contributed by atoms with Gasteiger partial charge in [0, 0.05) is 15.9 Å². The number of nitrogens with zero attached hydrogens (tertiary/aromatic N) is 1. The van der Waals surface area contributed by atoms with Crippen LogP contribution in [-0.4, -0.2) is 23.1 Å². The number of nitrogens with one attached hydrogen (secondary N) is 1. The third-order valence-electron chi connectivity index (χ3n) is 4.72. The van der Waals surface area contributed by atoms with Gasteiger partial charge in [0.25, 0.3) is 0 Å². The zero-order valence-corrected chi connectivity index (χ0v) is 18.2. The molecule has 0 saturated heterocycles. The second-order valence-electron chi connectivity index (χ2n) is 6.66. The number of hydrogen-bond acceptors (Lipinski definition) is 3. The Morgan fingerprint density at radius 3 is 2.31 bits per heavy atom. The number of ether oxygens (including phenoxy) is 1. The molecule has 0 aliphatic heterocycles. The van der Waals surface area contributed by atoms with Crippen molar-refractivity contribution in [1.82, 2.24) is 4.57 Å². The lowest BCUT2D eigenvalue weighted by atomic mass is 10.1. The van der Waals surface area contributed by atoms with E-state index in [1.54, 1.807) is 6.92 Å². The first-order chi connectivity index (χ1) is 13.9. The molecule has 0 aliphatic carbocycles. The first kappa shape index (κ1) is 20.9. The summed E-state index contributed by atoms with van der Waals surface area (Å²) in [6.07, 6.45) is 0. The summed E-state index contributed by atoms with van der Waals surface area (Å²) in [4.78, 5) is 25.3. The fourth-order valence-corrected chi connectivity index (χ4v) is 3.71. The third-order valence-corrected chi connectivity index (χ3v) is 5.25. The summed E-state index contributed by atoms with van der Waals surface area (Å²) in [6.45, 7) is 5.91. The van der Waals surface area contributed by atoms with Gasteiger partial charge in [0.05, 0.1) is 17.9 Å². The lowest BCUT2D eigenvalue weighted by Gasteiger charge is -2.13. The molecule has 3 rings (SSSR count). The molecule has 5 nitrogen and oxygen atoms in total. The molecule has 1 heterocycles. The van der Waals surface area contributed by atoms with E-state index in [-0.39, 0.29) is 18.4 Å². The van der Waals surface area contributed by atoms with Gasteiger partial charge < -0.3 is 14.6 Å². The van der Waals surface area contributed by atoms with Crippen LogP contribution in [0.25, 0.3) is 11.3 Å². The molecule has 0 aliphatic rings. The number of anilines is 1. The van der Waals surface area contributed by atoms with Crippen LogP contribution < -0.4 is 5.32 Å². The highest BCUT2D eigenvalue weighted by atomic mass is 79.9. The number of amides is 1. The molecule has 0 unspecified atom stereocenters. The van der Waals surface area contributed by atoms with Crippen LogP contribution in [0, 0.1) is 13.8 Å². The predicted octanol–water partition coefficient (Wildman–Crippen LogP) is 5.35. The van der Waals surface area contributed by atoms with Crippen LogP contribution in [0.5, 0.6) is 0 Å². The number of aromatic nitrogens is 1. The predicted molar refractivity (Wildman–Crippen MR) is 118 cm³/mol. The quantitative estimate of drug-likeness (QED) is 0.510. The number of esters is 1. The smallest absolute Gasteiger partial charge is 0.340 e. The Morgan fingerprint density at radius 2 is 1.69 bits per heavy atom. The van der Waals surface area contributed by atoms with Crippen molar-refractivity contribution in [3.05, 3.63) is 75.9 Å². The average molecular weight is 455 g/mol. The van der Waals surface area contributed by atoms with Crippen LogP contribution in [0.4, 0.5) is 5.69 Å². The summed E-state index contributed by atoms with van der Waals surface area (Å²) < 4.78 is 8.07. The topological polar surface area (TPSA) is 60.3 Å². The van der Waals surface area contributed by atoms with Crippen molar-refractivity contribution in [3.8, 4) is 11.3 Å². The highest BCUT2D eigenvalue weighted by Gasteiger charge is 2.25. The molecule has 29 heavy (non-hydrogen) atoms. The summed E-state index contributed by atoms with van der Waals surface area (Å²) in [5.74, 6) is -0.537. The number of carbonyl (C=O) groups excluding carboxylic acids is 2. The van der Waals surface area contributed by atoms with E-state index in [0.717, 1.165) is 21.3 Å². The molecular weight excluding hydrogens is 432 g/mol. The van der Waals surface area contributed by atoms with E-state index in [2.05, 4.69) is 21.2 Å². The fourth-order valence-electron chi connectivity index (χ4n) is 3.44. The van der Waals surface area contributed by atoms with Gasteiger partial charge in [0.1, 0.15) is 6.54 Å². The fraction of sp³-hybridized carbons (Fsp3) is 0.217. The van der Waals surface area contributed by atoms with Gasteiger partial charge in [0.2, 0.25) is 5.91 Å². The Labute approximate surface area is 178 Å². The Hall–Kier alpha value is -2.86. The Kier molecular flexibility index (Phi) is 6.54. The van der Waals surface area contributed by atoms with Crippen molar-refractivity contribution in [2.45, 2.75) is 27.3 Å². The number of benzene rings is 2. The first-order valence-corrected chi connectivity index (χ1v) is 10.2. The van der Waals surface area contributed by atoms with E-state index in [1.165, 1.54) is 0 Å². The standard InChI is InChI=1S/C23H23BrN2O3/c1-4-29-23(28)21-15(2)22(17-8-6-5-7-9-17)26(16(21)3)14-20(27)25-19-12-10-18(24)11-13-19/h5-13H,4,14H2,1-3H3,(H,25,27). The molecule has 1 aromatic heterocycles. The molecule has 3 aromatic rings. The maximum atomic E-state index is 12.8. The van der Waals surface area contributed by atoms with Crippen LogP contribution in [0.15, 0.2) is 59.1 Å². The number of carbonyl (C=O) groups is 2. The van der Waals surface area contributed by atoms with Gasteiger partial charge >= 0.3 is 5.97 Å². The van der Waals surface area contributed by atoms with Crippen molar-refractivity contribution in [2.24, 2.45) is 0 Å². The van der Waals surface area contributed by atoms with Gasteiger partial charge in [-0.25, -0.2) is 4.79 Å². The van der Waals surface area contributed by atoms with E-state index in [1.807, 2.05) is 73.0 Å². The van der Waals surface area contributed by atoms with Crippen LogP contribution in [-0.2, 0) is 16.1 Å². The molecule has 0 atom stereocenters. The second kappa shape index (κ2) is 9.09. The van der Waals surface area contributed by atoms with Crippen LogP contribution in [0.2, 0.25) is 0 Å². The summed E-state index contributed by atoms with van der Waals surface area (Å²) >= 11 is 3.39. The lowest BCUT2D eigenvalue weighted by molar-refractivity contribution is -0.116. The van der Waals surface area contributed by atoms with Crippen molar-refractivity contribution in [3.63, 3.8) is 0 Å². The normalized spacial score (nSPS) is 10.6. The van der Waals surface area contributed by atoms with E-state index in [9.17, 15) is 9.59 Å². The Morgan fingerprint density at radius 1 is 1.03 bits per heavy atom. The summed E-state index contributed by atoms with van der Waals surface area (Å²) in [5.41, 5.74) is 4.54. The molecule has 0 spiro atoms. The Bertz CT molecular complexity index is 1020. The minimum atomic E-state index is -0.369. The van der Waals surface area contributed by atoms with Gasteiger partial charge in [0.15, 0.2) is 0 Å². The molecule has 1 amide bonds. The Balaban J connectivity index is 1.99. The van der Waals surface area contributed by atoms with Gasteiger partial charge in [-0.15, -0.1) is 0 Å². The molecule has 0 radical (unpaired) electrons. The van der Waals surface area contributed by atoms with Crippen LogP contribution in [0.3, 0.4) is 0 Å². The van der Waals surface area contributed by atoms with Gasteiger partial charge in [-0.1, -0.05) is 46.3 Å². The molecule has 0 saturated carbocycles. The lowest BCUT2D eigenvalue weighted by Crippen LogP contribution is -2.20. The first-order valence-electron chi connectivity index (χ1n) is 9.40. The molecule has 0 bridgehead atoms. The molecule has 2 aromatic carbocycles. The van der Waals surface area contributed by atoms with E-state index in [4.69, 9.17) is 4.74 Å². The van der Waals surface area contributed by atoms with Gasteiger partial charge in [-0.05, 0) is 56.2 Å². The maximum Gasteiger partial charge on any atom is 0.340 e. The van der Waals surface area contributed by atoms with E-state index in [0.29, 0.717) is 23.6 Å². The van der Waals surface area contributed by atoms with Gasteiger partial charge in [-0.2, -0.15) is 0 Å². The summed E-state index contributed by atoms with van der Waals surface area (Å²) in [6, 6.07) is 17.2. The van der Waals surface area contributed by atoms with Gasteiger partial charge in [-0.3, -0.25) is 4.79 Å². The number of rotatable bonds is 6. The molecule has 0 fully saturated rings. The van der Waals surface area contributed by atoms with Crippen LogP contribution in [0.1, 0.15) is 28.5 Å². The van der Waals surface area contributed by atoms with E-state index < -0.39 is 0 Å². The molecule has 1 N–H and O–H groups in total. The maximum absolute atomic E-state index is 12.8. The van der Waals surface area contributed by atoms with Crippen molar-refractivity contribution in [2.75, 3.05) is 11.9 Å². The highest BCUT2D eigenvalue weighted by Crippen LogP contribution is 2.31. The minimum absolute atomic E-state index is 0.0897. The number of hydrogen-bond donors (Lipinski definition) is 1. The monoisotopic (exact) mass is 454 g/mol. The van der Waals surface area contributed by atoms with Crippen LogP contribution >= 0.6 is 15.9 Å². The highest BCUT2D eigenvalue weighted by molar-refractivity contribution is 9.10. The second-order valence-corrected chi connectivity index (χ2v) is 7.58. The van der Waals surface area contributed by atoms with Crippen molar-refractivity contribution >= 4 is 33.5 Å². The van der Waals surface area contributed by atoms with Crippen molar-refractivity contribution in [1.29, 1.82) is 0 Å². The largest absolute Gasteiger partial charge is 0.462 e. The zero-order valence-electron chi connectivity index (χ0n) is 16.7. The number of halogens is 1. The zero-order chi connectivity index (χ0) is 21.0.